The topological polar surface area (TPSA) is 157 Å². The van der Waals surface area contributed by atoms with E-state index in [-0.39, 0.29) is 16.9 Å². The van der Waals surface area contributed by atoms with Crippen LogP contribution < -0.4 is 0 Å². The van der Waals surface area contributed by atoms with Gasteiger partial charge in [-0.1, -0.05) is 42.5 Å². The first kappa shape index (κ1) is 29.0. The van der Waals surface area contributed by atoms with Crippen LogP contribution in [0.3, 0.4) is 0 Å². The van der Waals surface area contributed by atoms with Crippen LogP contribution in [0, 0.1) is 0 Å². The van der Waals surface area contributed by atoms with Crippen LogP contribution in [-0.2, 0) is 6.42 Å². The van der Waals surface area contributed by atoms with Gasteiger partial charge in [0.05, 0.1) is 28.3 Å². The summed E-state index contributed by atoms with van der Waals surface area (Å²) in [6.07, 6.45) is 2.54. The average Bonchev–Trinajstić information content (AvgIpc) is 3.02. The van der Waals surface area contributed by atoms with Gasteiger partial charge in [-0.05, 0) is 78.4 Å². The smallest absolute Gasteiger partial charge is 0.339 e. The molecule has 0 atom stereocenters. The molecule has 3 N–H and O–H groups in total. The van der Waals surface area contributed by atoms with Gasteiger partial charge in [-0.15, -0.1) is 0 Å². The Morgan fingerprint density at radius 3 is 1.83 bits per heavy atom. The van der Waals surface area contributed by atoms with Gasteiger partial charge in [0.15, 0.2) is 0 Å². The van der Waals surface area contributed by atoms with E-state index in [4.69, 9.17) is 10.2 Å². The molecule has 10 heteroatoms. The Bertz CT molecular complexity index is 1710. The molecule has 4 aromatic carbocycles. The van der Waals surface area contributed by atoms with Gasteiger partial charge in [-0.25, -0.2) is 9.59 Å². The van der Waals surface area contributed by atoms with Crippen LogP contribution in [0.4, 0.5) is 22.7 Å². The van der Waals surface area contributed by atoms with E-state index in [2.05, 4.69) is 25.4 Å². The fourth-order valence-electron chi connectivity index (χ4n) is 3.58. The van der Waals surface area contributed by atoms with E-state index in [1.54, 1.807) is 30.5 Å². The van der Waals surface area contributed by atoms with Crippen LogP contribution in [-0.4, -0.2) is 32.2 Å². The molecule has 0 aliphatic rings. The van der Waals surface area contributed by atoms with E-state index in [9.17, 15) is 14.7 Å². The number of hydrogen-bond acceptors (Lipinski definition) is 8. The number of carboxylic acids is 2. The van der Waals surface area contributed by atoms with E-state index < -0.39 is 11.9 Å². The predicted octanol–water partition coefficient (Wildman–Crippen LogP) is 8.29. The number of benzene rings is 4. The second-order valence-electron chi connectivity index (χ2n) is 8.76. The number of nitrogens with zero attached hydrogens (tertiary/aromatic N) is 5. The summed E-state index contributed by atoms with van der Waals surface area (Å²) in [7, 11) is 0. The maximum absolute atomic E-state index is 10.9. The Morgan fingerprint density at radius 2 is 1.19 bits per heavy atom. The highest BCUT2D eigenvalue weighted by atomic mass is 16.4. The number of carbonyl (C=O) groups is 2. The molecule has 208 valence electrons. The standard InChI is InChI=1S/C19H15N3O2.C13H10N2O3/c23-19(24)15-4-3-6-18(13-15)22-21-16-9-7-14(8-10-16)12-17-5-1-2-11-20-17;16-12-7-6-10(8-11(12)13(17)18)15-14-9-4-2-1-3-5-9/h1-11,13H,12H2,(H,23,24);1-8,16H,(H,17,18). The van der Waals surface area contributed by atoms with Crippen LogP contribution in [0.2, 0.25) is 0 Å². The molecule has 0 aliphatic carbocycles. The zero-order valence-electron chi connectivity index (χ0n) is 22.1. The molecule has 0 saturated heterocycles. The maximum atomic E-state index is 10.9. The number of aromatic hydroxyl groups is 1. The first-order chi connectivity index (χ1) is 20.4. The second-order valence-corrected chi connectivity index (χ2v) is 8.76. The van der Waals surface area contributed by atoms with Gasteiger partial charge in [-0.2, -0.15) is 20.5 Å². The third kappa shape index (κ3) is 8.75. The van der Waals surface area contributed by atoms with Crippen molar-refractivity contribution in [3.05, 3.63) is 144 Å². The van der Waals surface area contributed by atoms with Crippen molar-refractivity contribution < 1.29 is 24.9 Å². The van der Waals surface area contributed by atoms with Crippen molar-refractivity contribution in [3.8, 4) is 5.75 Å². The lowest BCUT2D eigenvalue weighted by Gasteiger charge is -2.01. The number of pyridine rings is 1. The van der Waals surface area contributed by atoms with Crippen molar-refractivity contribution in [3.63, 3.8) is 0 Å². The highest BCUT2D eigenvalue weighted by molar-refractivity contribution is 5.91. The van der Waals surface area contributed by atoms with Crippen molar-refractivity contribution in [2.24, 2.45) is 20.5 Å². The molecular formula is C32H25N5O5. The first-order valence-electron chi connectivity index (χ1n) is 12.6. The summed E-state index contributed by atoms with van der Waals surface area (Å²) in [6.45, 7) is 0. The van der Waals surface area contributed by atoms with Gasteiger partial charge >= 0.3 is 11.9 Å². The van der Waals surface area contributed by atoms with Crippen molar-refractivity contribution in [2.75, 3.05) is 0 Å². The molecule has 0 radical (unpaired) electrons. The van der Waals surface area contributed by atoms with Gasteiger partial charge in [0, 0.05) is 18.3 Å². The lowest BCUT2D eigenvalue weighted by atomic mass is 10.1. The summed E-state index contributed by atoms with van der Waals surface area (Å²) in [6, 6.07) is 33.1. The van der Waals surface area contributed by atoms with E-state index in [1.807, 2.05) is 60.7 Å². The number of phenols is 1. The fraction of sp³-hybridized carbons (Fsp3) is 0.0312. The highest BCUT2D eigenvalue weighted by Crippen LogP contribution is 2.25. The minimum atomic E-state index is -1.20. The van der Waals surface area contributed by atoms with Gasteiger partial charge in [0.2, 0.25) is 0 Å². The molecule has 42 heavy (non-hydrogen) atoms. The van der Waals surface area contributed by atoms with Gasteiger partial charge < -0.3 is 15.3 Å². The number of carboxylic acid groups (broad SMARTS) is 2. The van der Waals surface area contributed by atoms with Crippen LogP contribution in [0.25, 0.3) is 0 Å². The Hall–Kier alpha value is -6.03. The molecule has 0 spiro atoms. The number of azo groups is 2. The van der Waals surface area contributed by atoms with Gasteiger partial charge in [0.1, 0.15) is 11.3 Å². The Labute approximate surface area is 241 Å². The number of aromatic nitrogens is 1. The Morgan fingerprint density at radius 1 is 0.595 bits per heavy atom. The maximum Gasteiger partial charge on any atom is 0.339 e. The van der Waals surface area contributed by atoms with Gasteiger partial charge in [-0.3, -0.25) is 4.98 Å². The fourth-order valence-corrected chi connectivity index (χ4v) is 3.58. The van der Waals surface area contributed by atoms with Crippen molar-refractivity contribution >= 4 is 34.7 Å². The van der Waals surface area contributed by atoms with E-state index in [0.29, 0.717) is 22.7 Å². The number of aromatic carboxylic acids is 2. The Balaban J connectivity index is 0.000000201. The minimum absolute atomic E-state index is 0.192. The average molecular weight is 560 g/mol. The predicted molar refractivity (Wildman–Crippen MR) is 157 cm³/mol. The first-order valence-corrected chi connectivity index (χ1v) is 12.6. The van der Waals surface area contributed by atoms with E-state index in [1.165, 1.54) is 30.3 Å². The molecular weight excluding hydrogens is 534 g/mol. The molecule has 0 fully saturated rings. The third-order valence-electron chi connectivity index (χ3n) is 5.67. The summed E-state index contributed by atoms with van der Waals surface area (Å²) in [5.74, 6) is -2.48. The van der Waals surface area contributed by atoms with Crippen LogP contribution in [0.15, 0.2) is 142 Å². The monoisotopic (exact) mass is 559 g/mol. The lowest BCUT2D eigenvalue weighted by Crippen LogP contribution is -1.95. The molecule has 1 aromatic heterocycles. The van der Waals surface area contributed by atoms with Crippen molar-refractivity contribution in [1.82, 2.24) is 4.98 Å². The summed E-state index contributed by atoms with van der Waals surface area (Å²) in [5.41, 5.74) is 4.40. The zero-order valence-corrected chi connectivity index (χ0v) is 22.1. The Kier molecular flexibility index (Phi) is 9.92. The van der Waals surface area contributed by atoms with Crippen LogP contribution >= 0.6 is 0 Å². The molecule has 1 heterocycles. The number of hydrogen-bond donors (Lipinski definition) is 3. The normalized spacial score (nSPS) is 10.8. The quantitative estimate of drug-likeness (QED) is 0.162. The molecule has 0 amide bonds. The zero-order chi connectivity index (χ0) is 29.7. The van der Waals surface area contributed by atoms with Crippen LogP contribution in [0.1, 0.15) is 32.0 Å². The highest BCUT2D eigenvalue weighted by Gasteiger charge is 2.09. The van der Waals surface area contributed by atoms with Gasteiger partial charge in [0.25, 0.3) is 0 Å². The van der Waals surface area contributed by atoms with E-state index >= 15 is 0 Å². The number of rotatable bonds is 8. The molecule has 10 nitrogen and oxygen atoms in total. The summed E-state index contributed by atoms with van der Waals surface area (Å²) >= 11 is 0. The minimum Gasteiger partial charge on any atom is -0.507 e. The largest absolute Gasteiger partial charge is 0.507 e. The SMILES string of the molecule is O=C(O)c1cc(N=Nc2ccccc2)ccc1O.O=C(O)c1cccc(N=Nc2ccc(Cc3ccccn3)cc2)c1. The lowest BCUT2D eigenvalue weighted by molar-refractivity contribution is 0.0684. The second kappa shape index (κ2) is 14.4. The molecule has 5 aromatic rings. The molecule has 5 rings (SSSR count). The molecule has 0 aliphatic heterocycles. The summed E-state index contributed by atoms with van der Waals surface area (Å²) in [5, 5.41) is 43.2. The molecule has 0 saturated carbocycles. The van der Waals surface area contributed by atoms with Crippen LogP contribution in [0.5, 0.6) is 5.75 Å². The third-order valence-corrected chi connectivity index (χ3v) is 5.67. The van der Waals surface area contributed by atoms with Crippen molar-refractivity contribution in [1.29, 1.82) is 0 Å². The van der Waals surface area contributed by atoms with Crippen molar-refractivity contribution in [2.45, 2.75) is 6.42 Å². The van der Waals surface area contributed by atoms with E-state index in [0.717, 1.165) is 17.7 Å². The molecule has 0 unspecified atom stereocenters. The summed E-state index contributed by atoms with van der Waals surface area (Å²) < 4.78 is 0. The molecule has 0 bridgehead atoms. The summed E-state index contributed by atoms with van der Waals surface area (Å²) in [4.78, 5) is 26.1.